The molecule has 0 bridgehead atoms. The zero-order chi connectivity index (χ0) is 11.3. The lowest BCUT2D eigenvalue weighted by Crippen LogP contribution is -2.42. The van der Waals surface area contributed by atoms with Crippen molar-refractivity contribution in [1.82, 2.24) is 9.62 Å². The molecule has 0 aromatic heterocycles. The Labute approximate surface area is 97.0 Å². The Balaban J connectivity index is 2.31. The largest absolute Gasteiger partial charge is 0.302 e. The van der Waals surface area contributed by atoms with Crippen molar-refractivity contribution >= 4 is 21.6 Å². The number of likely N-dealkylation sites (tertiary alicyclic amines) is 1. The number of hydrogen-bond acceptors (Lipinski definition) is 3. The molecule has 1 heterocycles. The van der Waals surface area contributed by atoms with Gasteiger partial charge in [0.1, 0.15) is 0 Å². The molecule has 15 heavy (non-hydrogen) atoms. The smallest absolute Gasteiger partial charge is 0.213 e. The highest BCUT2D eigenvalue weighted by molar-refractivity contribution is 7.89. The lowest BCUT2D eigenvalue weighted by Gasteiger charge is -2.20. The lowest BCUT2D eigenvalue weighted by molar-refractivity contribution is 0.313. The Bertz CT molecular complexity index is 276. The van der Waals surface area contributed by atoms with Gasteiger partial charge in [0.2, 0.25) is 10.0 Å². The van der Waals surface area contributed by atoms with E-state index in [1.165, 1.54) is 12.8 Å². The Morgan fingerprint density at radius 3 is 2.53 bits per heavy atom. The number of sulfonamides is 1. The van der Waals surface area contributed by atoms with Crippen LogP contribution in [-0.2, 0) is 10.0 Å². The summed E-state index contributed by atoms with van der Waals surface area (Å²) in [6.07, 6.45) is 2.45. The van der Waals surface area contributed by atoms with Crippen LogP contribution in [0.4, 0.5) is 0 Å². The molecule has 1 rings (SSSR count). The number of nitrogens with zero attached hydrogens (tertiary/aromatic N) is 1. The van der Waals surface area contributed by atoms with E-state index in [-0.39, 0.29) is 17.7 Å². The van der Waals surface area contributed by atoms with Gasteiger partial charge in [-0.3, -0.25) is 0 Å². The molecule has 90 valence electrons. The molecule has 0 aromatic rings. The van der Waals surface area contributed by atoms with E-state index in [1.807, 2.05) is 6.92 Å². The molecule has 1 unspecified atom stereocenters. The van der Waals surface area contributed by atoms with Crippen molar-refractivity contribution < 1.29 is 8.42 Å². The summed E-state index contributed by atoms with van der Waals surface area (Å²) in [5.74, 6) is 0.144. The molecular formula is C9H19ClN2O2S. The molecule has 1 atom stereocenters. The maximum absolute atomic E-state index is 11.4. The minimum Gasteiger partial charge on any atom is -0.302 e. The molecule has 1 aliphatic rings. The van der Waals surface area contributed by atoms with Crippen LogP contribution in [0, 0.1) is 0 Å². The molecule has 6 heteroatoms. The van der Waals surface area contributed by atoms with Crippen LogP contribution >= 0.6 is 11.6 Å². The van der Waals surface area contributed by atoms with Crippen LogP contribution in [0.1, 0.15) is 19.8 Å². The monoisotopic (exact) mass is 254 g/mol. The molecular weight excluding hydrogens is 236 g/mol. The molecule has 0 saturated carbocycles. The van der Waals surface area contributed by atoms with Crippen molar-refractivity contribution in [3.63, 3.8) is 0 Å². The average Bonchev–Trinajstić information content (AvgIpc) is 2.54. The van der Waals surface area contributed by atoms with E-state index in [0.717, 1.165) is 19.6 Å². The summed E-state index contributed by atoms with van der Waals surface area (Å²) in [4.78, 5) is 2.29. The molecule has 4 nitrogen and oxygen atoms in total. The third-order valence-electron chi connectivity index (χ3n) is 2.46. The van der Waals surface area contributed by atoms with Gasteiger partial charge in [-0.05, 0) is 32.9 Å². The highest BCUT2D eigenvalue weighted by atomic mass is 35.5. The van der Waals surface area contributed by atoms with Crippen LogP contribution in [0.5, 0.6) is 0 Å². The van der Waals surface area contributed by atoms with Crippen molar-refractivity contribution in [3.05, 3.63) is 0 Å². The SMILES string of the molecule is CC(CN1CCCC1)NS(=O)(=O)CCCl. The summed E-state index contributed by atoms with van der Waals surface area (Å²) >= 11 is 5.41. The summed E-state index contributed by atoms with van der Waals surface area (Å²) in [7, 11) is -3.18. The van der Waals surface area contributed by atoms with E-state index in [2.05, 4.69) is 9.62 Å². The molecule has 0 amide bonds. The van der Waals surface area contributed by atoms with Crippen LogP contribution in [0.25, 0.3) is 0 Å². The Kier molecular flexibility index (Phi) is 5.32. The van der Waals surface area contributed by atoms with E-state index < -0.39 is 10.0 Å². The van der Waals surface area contributed by atoms with Crippen molar-refractivity contribution in [1.29, 1.82) is 0 Å². The topological polar surface area (TPSA) is 49.4 Å². The Morgan fingerprint density at radius 1 is 1.40 bits per heavy atom. The van der Waals surface area contributed by atoms with Gasteiger partial charge >= 0.3 is 0 Å². The number of halogens is 1. The second-order valence-electron chi connectivity index (χ2n) is 4.03. The van der Waals surface area contributed by atoms with Gasteiger partial charge in [-0.1, -0.05) is 0 Å². The molecule has 1 saturated heterocycles. The van der Waals surface area contributed by atoms with Gasteiger partial charge < -0.3 is 4.90 Å². The molecule has 1 aliphatic heterocycles. The molecule has 0 radical (unpaired) electrons. The van der Waals surface area contributed by atoms with Crippen LogP contribution in [0.3, 0.4) is 0 Å². The van der Waals surface area contributed by atoms with Gasteiger partial charge in [0.25, 0.3) is 0 Å². The summed E-state index contributed by atoms with van der Waals surface area (Å²) in [5.41, 5.74) is 0. The van der Waals surface area contributed by atoms with Crippen LogP contribution in [0.15, 0.2) is 0 Å². The van der Waals surface area contributed by atoms with Crippen LogP contribution < -0.4 is 4.72 Å². The van der Waals surface area contributed by atoms with E-state index in [9.17, 15) is 8.42 Å². The fraction of sp³-hybridized carbons (Fsp3) is 1.00. The van der Waals surface area contributed by atoms with Crippen molar-refractivity contribution in [3.8, 4) is 0 Å². The molecule has 1 N–H and O–H groups in total. The normalized spacial score (nSPS) is 20.7. The minimum atomic E-state index is -3.18. The predicted molar refractivity (Wildman–Crippen MR) is 62.8 cm³/mol. The summed E-state index contributed by atoms with van der Waals surface area (Å²) in [6.45, 7) is 4.86. The number of hydrogen-bond donors (Lipinski definition) is 1. The zero-order valence-electron chi connectivity index (χ0n) is 9.08. The van der Waals surface area contributed by atoms with Crippen molar-refractivity contribution in [2.45, 2.75) is 25.8 Å². The number of alkyl halides is 1. The molecule has 0 aliphatic carbocycles. The Morgan fingerprint density at radius 2 is 2.00 bits per heavy atom. The lowest BCUT2D eigenvalue weighted by atomic mass is 10.3. The first kappa shape index (κ1) is 13.2. The fourth-order valence-electron chi connectivity index (χ4n) is 1.86. The minimum absolute atomic E-state index is 0.00110. The van der Waals surface area contributed by atoms with E-state index in [4.69, 9.17) is 11.6 Å². The summed E-state index contributed by atoms with van der Waals surface area (Å²) < 4.78 is 25.4. The van der Waals surface area contributed by atoms with E-state index in [1.54, 1.807) is 0 Å². The summed E-state index contributed by atoms with van der Waals surface area (Å²) in [5, 5.41) is 0. The predicted octanol–water partition coefficient (Wildman–Crippen LogP) is 0.629. The van der Waals surface area contributed by atoms with Crippen molar-refractivity contribution in [2.24, 2.45) is 0 Å². The zero-order valence-corrected chi connectivity index (χ0v) is 10.6. The van der Waals surface area contributed by atoms with Crippen LogP contribution in [-0.4, -0.2) is 50.6 Å². The standard InChI is InChI=1S/C9H19ClN2O2S/c1-9(8-12-5-2-3-6-12)11-15(13,14)7-4-10/h9,11H,2-8H2,1H3. The van der Waals surface area contributed by atoms with Gasteiger partial charge in [0.05, 0.1) is 5.75 Å². The van der Waals surface area contributed by atoms with Gasteiger partial charge in [0.15, 0.2) is 0 Å². The van der Waals surface area contributed by atoms with Gasteiger partial charge in [-0.2, -0.15) is 0 Å². The van der Waals surface area contributed by atoms with Crippen molar-refractivity contribution in [2.75, 3.05) is 31.3 Å². The third-order valence-corrected chi connectivity index (χ3v) is 4.37. The van der Waals surface area contributed by atoms with E-state index in [0.29, 0.717) is 0 Å². The maximum Gasteiger partial charge on any atom is 0.213 e. The highest BCUT2D eigenvalue weighted by Gasteiger charge is 2.18. The third kappa shape index (κ3) is 5.15. The van der Waals surface area contributed by atoms with Crippen LogP contribution in [0.2, 0.25) is 0 Å². The van der Waals surface area contributed by atoms with Gasteiger partial charge in [-0.25, -0.2) is 13.1 Å². The second-order valence-corrected chi connectivity index (χ2v) is 6.29. The van der Waals surface area contributed by atoms with E-state index >= 15 is 0 Å². The number of nitrogens with one attached hydrogen (secondary N) is 1. The molecule has 0 aromatic carbocycles. The van der Waals surface area contributed by atoms with Gasteiger partial charge in [-0.15, -0.1) is 11.6 Å². The summed E-state index contributed by atoms with van der Waals surface area (Å²) in [6, 6.07) is -0.0312. The molecule has 0 spiro atoms. The average molecular weight is 255 g/mol. The first-order chi connectivity index (χ1) is 7.03. The maximum atomic E-state index is 11.4. The quantitative estimate of drug-likeness (QED) is 0.708. The fourth-order valence-corrected chi connectivity index (χ4v) is 3.47. The Hall–Kier alpha value is 0.160. The first-order valence-electron chi connectivity index (χ1n) is 5.32. The molecule has 1 fully saturated rings. The number of rotatable bonds is 6. The van der Waals surface area contributed by atoms with Gasteiger partial charge in [0, 0.05) is 18.5 Å². The first-order valence-corrected chi connectivity index (χ1v) is 7.50. The highest BCUT2D eigenvalue weighted by Crippen LogP contribution is 2.07. The second kappa shape index (κ2) is 6.03.